The summed E-state index contributed by atoms with van der Waals surface area (Å²) in [5.74, 6) is 1.85. The summed E-state index contributed by atoms with van der Waals surface area (Å²) in [6.07, 6.45) is 8.60. The second kappa shape index (κ2) is 7.15. The molecule has 0 radical (unpaired) electrons. The maximum Gasteiger partial charge on any atom is 0.112 e. The van der Waals surface area contributed by atoms with Crippen LogP contribution in [0.2, 0.25) is 0 Å². The second-order valence-electron chi connectivity index (χ2n) is 5.29. The quantitative estimate of drug-likeness (QED) is 0.721. The van der Waals surface area contributed by atoms with E-state index in [2.05, 4.69) is 25.2 Å². The minimum atomic E-state index is 0.262. The smallest absolute Gasteiger partial charge is 0.112 e. The Hall–Kier alpha value is -0.540. The Balaban J connectivity index is 2.03. The first-order chi connectivity index (χ1) is 8.86. The molecule has 0 spiro atoms. The third-order valence-electron chi connectivity index (χ3n) is 3.66. The van der Waals surface area contributed by atoms with Crippen LogP contribution in [0, 0.1) is 5.92 Å². The van der Waals surface area contributed by atoms with Crippen LogP contribution in [0.5, 0.6) is 0 Å². The Kier molecular flexibility index (Phi) is 5.51. The number of hydrogen-bond donors (Lipinski definition) is 1. The van der Waals surface area contributed by atoms with Crippen molar-refractivity contribution in [2.75, 3.05) is 19.8 Å². The maximum absolute atomic E-state index is 5.99. The van der Waals surface area contributed by atoms with Crippen molar-refractivity contribution in [3.8, 4) is 0 Å². The molecule has 104 valence electrons. The molecule has 1 aliphatic heterocycles. The van der Waals surface area contributed by atoms with E-state index < -0.39 is 0 Å². The third kappa shape index (κ3) is 3.72. The molecule has 3 heteroatoms. The van der Waals surface area contributed by atoms with E-state index in [0.717, 1.165) is 50.7 Å². The highest BCUT2D eigenvalue weighted by Crippen LogP contribution is 2.37. The molecule has 1 aliphatic carbocycles. The Bertz CT molecular complexity index is 274. The summed E-state index contributed by atoms with van der Waals surface area (Å²) in [7, 11) is 0. The topological polar surface area (TPSA) is 30.5 Å². The molecule has 3 nitrogen and oxygen atoms in total. The van der Waals surface area contributed by atoms with Gasteiger partial charge in [0.25, 0.3) is 0 Å². The molecule has 1 N–H and O–H groups in total. The molecule has 0 aromatic heterocycles. The lowest BCUT2D eigenvalue weighted by Gasteiger charge is -2.31. The number of ether oxygens (including phenoxy) is 2. The van der Waals surface area contributed by atoms with E-state index in [4.69, 9.17) is 9.47 Å². The summed E-state index contributed by atoms with van der Waals surface area (Å²) in [6.45, 7) is 6.97. The van der Waals surface area contributed by atoms with E-state index in [1.807, 2.05) is 0 Å². The highest BCUT2D eigenvalue weighted by atomic mass is 16.5. The molecule has 2 atom stereocenters. The molecule has 0 saturated heterocycles. The van der Waals surface area contributed by atoms with Crippen LogP contribution in [0.3, 0.4) is 0 Å². The lowest BCUT2D eigenvalue weighted by molar-refractivity contribution is 0.00943. The molecule has 2 aliphatic rings. The van der Waals surface area contributed by atoms with E-state index in [1.54, 1.807) is 0 Å². The van der Waals surface area contributed by atoms with Gasteiger partial charge in [-0.05, 0) is 57.6 Å². The fourth-order valence-corrected chi connectivity index (χ4v) is 2.59. The fourth-order valence-electron chi connectivity index (χ4n) is 2.59. The van der Waals surface area contributed by atoms with Crippen LogP contribution < -0.4 is 5.32 Å². The van der Waals surface area contributed by atoms with Crippen molar-refractivity contribution in [1.82, 2.24) is 5.32 Å². The Labute approximate surface area is 111 Å². The van der Waals surface area contributed by atoms with E-state index >= 15 is 0 Å². The highest BCUT2D eigenvalue weighted by molar-refractivity contribution is 5.11. The minimum Gasteiger partial charge on any atom is -0.496 e. The fraction of sp³-hybridized carbons (Fsp3) is 0.867. The van der Waals surface area contributed by atoms with Crippen LogP contribution >= 0.6 is 0 Å². The Morgan fingerprint density at radius 3 is 2.83 bits per heavy atom. The van der Waals surface area contributed by atoms with E-state index in [-0.39, 0.29) is 6.04 Å². The van der Waals surface area contributed by atoms with E-state index in [1.165, 1.54) is 12.8 Å². The van der Waals surface area contributed by atoms with Gasteiger partial charge in [-0.3, -0.25) is 0 Å². The molecule has 18 heavy (non-hydrogen) atoms. The highest BCUT2D eigenvalue weighted by Gasteiger charge is 2.39. The first kappa shape index (κ1) is 13.9. The van der Waals surface area contributed by atoms with Crippen molar-refractivity contribution in [2.45, 2.75) is 58.1 Å². The average Bonchev–Trinajstić information content (AvgIpc) is 3.23. The van der Waals surface area contributed by atoms with Gasteiger partial charge in [0.1, 0.15) is 5.76 Å². The largest absolute Gasteiger partial charge is 0.496 e. The van der Waals surface area contributed by atoms with Crippen molar-refractivity contribution in [2.24, 2.45) is 5.92 Å². The average molecular weight is 253 g/mol. The zero-order chi connectivity index (χ0) is 12.8. The van der Waals surface area contributed by atoms with Crippen molar-refractivity contribution < 1.29 is 9.47 Å². The minimum absolute atomic E-state index is 0.262. The van der Waals surface area contributed by atoms with Gasteiger partial charge >= 0.3 is 0 Å². The Morgan fingerprint density at radius 1 is 1.44 bits per heavy atom. The summed E-state index contributed by atoms with van der Waals surface area (Å²) in [5.41, 5.74) is 0. The zero-order valence-corrected chi connectivity index (χ0v) is 11.8. The van der Waals surface area contributed by atoms with E-state index in [0.29, 0.717) is 6.10 Å². The summed E-state index contributed by atoms with van der Waals surface area (Å²) in [6, 6.07) is 0.262. The molecule has 1 heterocycles. The van der Waals surface area contributed by atoms with Gasteiger partial charge in [-0.15, -0.1) is 0 Å². The standard InChI is InChI=1S/C15H27NO2/c1-3-10-16-14(13-7-5-6-11-18-13)15(17-4-2)12-8-9-12/h7,12,14-16H,3-6,8-11H2,1-2H3. The number of allylic oxidation sites excluding steroid dienone is 1. The molecule has 0 aromatic rings. The van der Waals surface area contributed by atoms with Crippen molar-refractivity contribution in [1.29, 1.82) is 0 Å². The van der Waals surface area contributed by atoms with Crippen LogP contribution in [0.25, 0.3) is 0 Å². The number of hydrogen-bond acceptors (Lipinski definition) is 3. The summed E-state index contributed by atoms with van der Waals surface area (Å²) in [4.78, 5) is 0. The monoisotopic (exact) mass is 253 g/mol. The van der Waals surface area contributed by atoms with Gasteiger partial charge in [0.15, 0.2) is 0 Å². The molecule has 1 saturated carbocycles. The van der Waals surface area contributed by atoms with E-state index in [9.17, 15) is 0 Å². The van der Waals surface area contributed by atoms with Gasteiger partial charge in [0, 0.05) is 6.61 Å². The first-order valence-corrected chi connectivity index (χ1v) is 7.54. The van der Waals surface area contributed by atoms with Crippen LogP contribution in [-0.4, -0.2) is 31.9 Å². The maximum atomic E-state index is 5.99. The predicted octanol–water partition coefficient (Wildman–Crippen LogP) is 2.86. The van der Waals surface area contributed by atoms with Crippen molar-refractivity contribution in [3.05, 3.63) is 11.8 Å². The lowest BCUT2D eigenvalue weighted by Crippen LogP contribution is -2.45. The van der Waals surface area contributed by atoms with Gasteiger partial charge in [-0.25, -0.2) is 0 Å². The molecule has 2 rings (SSSR count). The second-order valence-corrected chi connectivity index (χ2v) is 5.29. The molecule has 0 bridgehead atoms. The Morgan fingerprint density at radius 2 is 2.28 bits per heavy atom. The molecular weight excluding hydrogens is 226 g/mol. The summed E-state index contributed by atoms with van der Waals surface area (Å²) in [5, 5.41) is 3.63. The normalized spacial score (nSPS) is 23.1. The lowest BCUT2D eigenvalue weighted by atomic mass is 10.0. The predicted molar refractivity (Wildman–Crippen MR) is 73.5 cm³/mol. The third-order valence-corrected chi connectivity index (χ3v) is 3.66. The molecular formula is C15H27NO2. The van der Waals surface area contributed by atoms with Gasteiger partial charge in [-0.1, -0.05) is 6.92 Å². The van der Waals surface area contributed by atoms with Gasteiger partial charge in [-0.2, -0.15) is 0 Å². The van der Waals surface area contributed by atoms with Gasteiger partial charge in [0.2, 0.25) is 0 Å². The van der Waals surface area contributed by atoms with Crippen LogP contribution in [0.4, 0.5) is 0 Å². The first-order valence-electron chi connectivity index (χ1n) is 7.54. The molecule has 0 aromatic carbocycles. The summed E-state index contributed by atoms with van der Waals surface area (Å²) < 4.78 is 11.9. The van der Waals surface area contributed by atoms with Crippen LogP contribution in [0.1, 0.15) is 46.0 Å². The molecule has 2 unspecified atom stereocenters. The molecule has 1 fully saturated rings. The van der Waals surface area contributed by atoms with Gasteiger partial charge < -0.3 is 14.8 Å². The van der Waals surface area contributed by atoms with Gasteiger partial charge in [0.05, 0.1) is 18.8 Å². The number of nitrogens with one attached hydrogen (secondary N) is 1. The molecule has 0 amide bonds. The SMILES string of the molecule is CCCNC(C1=CCCCO1)C(OCC)C1CC1. The van der Waals surface area contributed by atoms with Crippen LogP contribution in [-0.2, 0) is 9.47 Å². The van der Waals surface area contributed by atoms with Crippen LogP contribution in [0.15, 0.2) is 11.8 Å². The number of rotatable bonds is 8. The van der Waals surface area contributed by atoms with Crippen molar-refractivity contribution >= 4 is 0 Å². The van der Waals surface area contributed by atoms with Crippen molar-refractivity contribution in [3.63, 3.8) is 0 Å². The zero-order valence-electron chi connectivity index (χ0n) is 11.8. The summed E-state index contributed by atoms with van der Waals surface area (Å²) >= 11 is 0.